The molecule has 1 atom stereocenters. The van der Waals surface area contributed by atoms with Gasteiger partial charge < -0.3 is 19.7 Å². The molecular weight excluding hydrogens is 394 g/mol. The number of aromatic nitrogens is 2. The van der Waals surface area contributed by atoms with Crippen LogP contribution < -0.4 is 10.1 Å². The van der Waals surface area contributed by atoms with E-state index in [1.807, 2.05) is 44.2 Å². The first-order valence-electron chi connectivity index (χ1n) is 9.25. The monoisotopic (exact) mass is 415 g/mol. The maximum atomic E-state index is 12.8. The van der Waals surface area contributed by atoms with E-state index in [2.05, 4.69) is 15.5 Å². The third-order valence-electron chi connectivity index (χ3n) is 4.28. The lowest BCUT2D eigenvalue weighted by molar-refractivity contribution is 0.0913. The lowest BCUT2D eigenvalue weighted by atomic mass is 10.0. The van der Waals surface area contributed by atoms with Crippen molar-refractivity contribution >= 4 is 17.5 Å². The van der Waals surface area contributed by atoms with E-state index < -0.39 is 11.9 Å². The number of aromatic hydroxyl groups is 1. The molecule has 7 nitrogen and oxygen atoms in total. The Morgan fingerprint density at radius 3 is 2.66 bits per heavy atom. The molecule has 29 heavy (non-hydrogen) atoms. The van der Waals surface area contributed by atoms with Crippen LogP contribution in [-0.4, -0.2) is 27.8 Å². The molecule has 1 heterocycles. The van der Waals surface area contributed by atoms with Crippen molar-refractivity contribution in [2.45, 2.75) is 26.8 Å². The van der Waals surface area contributed by atoms with Crippen molar-refractivity contribution in [3.63, 3.8) is 0 Å². The van der Waals surface area contributed by atoms with E-state index in [0.29, 0.717) is 18.3 Å². The van der Waals surface area contributed by atoms with Gasteiger partial charge in [-0.05, 0) is 25.0 Å². The number of halogens is 1. The average molecular weight is 416 g/mol. The minimum atomic E-state index is -0.504. The molecule has 152 valence electrons. The Bertz CT molecular complexity index is 989. The molecule has 1 amide bonds. The molecule has 8 heteroatoms. The van der Waals surface area contributed by atoms with Crippen LogP contribution in [0.15, 0.2) is 47.0 Å². The number of rotatable bonds is 7. The standard InChI is InChI=1S/C21H22ClN3O4/c1-4-28-16-11-14(10-15(22)18(16)26)20(27)23-17(12(2)3)21-24-19(25-29-21)13-8-6-5-7-9-13/h5-12,17,26H,4H2,1-3H3,(H,23,27)/t17-/m1/s1. The first kappa shape index (κ1) is 20.7. The van der Waals surface area contributed by atoms with Crippen LogP contribution in [0.4, 0.5) is 0 Å². The highest BCUT2D eigenvalue weighted by Gasteiger charge is 2.26. The highest BCUT2D eigenvalue weighted by molar-refractivity contribution is 6.32. The van der Waals surface area contributed by atoms with Gasteiger partial charge in [0.1, 0.15) is 6.04 Å². The van der Waals surface area contributed by atoms with Gasteiger partial charge in [0.25, 0.3) is 5.91 Å². The third-order valence-corrected chi connectivity index (χ3v) is 4.57. The molecule has 0 aliphatic rings. The normalized spacial score (nSPS) is 12.0. The van der Waals surface area contributed by atoms with Gasteiger partial charge in [-0.1, -0.05) is 60.9 Å². The summed E-state index contributed by atoms with van der Waals surface area (Å²) < 4.78 is 10.8. The van der Waals surface area contributed by atoms with E-state index in [1.165, 1.54) is 12.1 Å². The van der Waals surface area contributed by atoms with Crippen LogP contribution in [0.2, 0.25) is 5.02 Å². The number of hydrogen-bond acceptors (Lipinski definition) is 6. The summed E-state index contributed by atoms with van der Waals surface area (Å²) in [5.74, 6) is 0.298. The number of nitrogens with one attached hydrogen (secondary N) is 1. The second kappa shape index (κ2) is 8.96. The number of phenolic OH excluding ortho intramolecular Hbond substituents is 1. The highest BCUT2D eigenvalue weighted by Crippen LogP contribution is 2.35. The summed E-state index contributed by atoms with van der Waals surface area (Å²) in [6, 6.07) is 11.8. The zero-order chi connectivity index (χ0) is 21.0. The maximum Gasteiger partial charge on any atom is 0.252 e. The van der Waals surface area contributed by atoms with Gasteiger partial charge in [0.15, 0.2) is 11.5 Å². The van der Waals surface area contributed by atoms with Crippen LogP contribution in [-0.2, 0) is 0 Å². The Kier molecular flexibility index (Phi) is 6.39. The van der Waals surface area contributed by atoms with Crippen LogP contribution in [0.5, 0.6) is 11.5 Å². The fourth-order valence-corrected chi connectivity index (χ4v) is 2.99. The van der Waals surface area contributed by atoms with Crippen molar-refractivity contribution in [2.75, 3.05) is 6.61 Å². The molecule has 0 aliphatic carbocycles. The topological polar surface area (TPSA) is 97.5 Å². The van der Waals surface area contributed by atoms with Crippen LogP contribution in [0.25, 0.3) is 11.4 Å². The largest absolute Gasteiger partial charge is 0.503 e. The molecule has 2 aromatic carbocycles. The van der Waals surface area contributed by atoms with E-state index in [0.717, 1.165) is 5.56 Å². The number of amides is 1. The summed E-state index contributed by atoms with van der Waals surface area (Å²) in [6.45, 7) is 5.97. The zero-order valence-corrected chi connectivity index (χ0v) is 17.1. The molecule has 0 saturated heterocycles. The highest BCUT2D eigenvalue weighted by atomic mass is 35.5. The van der Waals surface area contributed by atoms with Gasteiger partial charge in [-0.25, -0.2) is 0 Å². The van der Waals surface area contributed by atoms with Gasteiger partial charge in [-0.2, -0.15) is 4.98 Å². The number of nitrogens with zero attached hydrogens (tertiary/aromatic N) is 2. The van der Waals surface area contributed by atoms with Gasteiger partial charge in [0, 0.05) is 11.1 Å². The van der Waals surface area contributed by atoms with Crippen LogP contribution in [0.1, 0.15) is 43.1 Å². The quantitative estimate of drug-likeness (QED) is 0.584. The average Bonchev–Trinajstić information content (AvgIpc) is 3.19. The van der Waals surface area contributed by atoms with Gasteiger partial charge >= 0.3 is 0 Å². The van der Waals surface area contributed by atoms with Crippen molar-refractivity contribution in [3.8, 4) is 22.9 Å². The van der Waals surface area contributed by atoms with Gasteiger partial charge in [0.05, 0.1) is 11.6 Å². The minimum Gasteiger partial charge on any atom is -0.503 e. The minimum absolute atomic E-state index is 0.0121. The van der Waals surface area contributed by atoms with E-state index in [-0.39, 0.29) is 28.0 Å². The molecule has 2 N–H and O–H groups in total. The molecule has 0 aliphatic heterocycles. The molecule has 3 aromatic rings. The fraction of sp³-hybridized carbons (Fsp3) is 0.286. The maximum absolute atomic E-state index is 12.8. The lowest BCUT2D eigenvalue weighted by Gasteiger charge is -2.19. The first-order valence-corrected chi connectivity index (χ1v) is 9.63. The number of benzene rings is 2. The van der Waals surface area contributed by atoms with Crippen LogP contribution >= 0.6 is 11.6 Å². The van der Waals surface area contributed by atoms with Gasteiger partial charge in [0.2, 0.25) is 11.7 Å². The predicted octanol–water partition coefficient (Wildman–Crippen LogP) is 4.62. The van der Waals surface area contributed by atoms with E-state index in [1.54, 1.807) is 6.92 Å². The number of carbonyl (C=O) groups is 1. The van der Waals surface area contributed by atoms with E-state index in [9.17, 15) is 9.90 Å². The summed E-state index contributed by atoms with van der Waals surface area (Å²) >= 11 is 6.04. The Morgan fingerprint density at radius 1 is 1.28 bits per heavy atom. The summed E-state index contributed by atoms with van der Waals surface area (Å²) in [6.07, 6.45) is 0. The molecule has 0 spiro atoms. The Hall–Kier alpha value is -3.06. The van der Waals surface area contributed by atoms with Crippen LogP contribution in [0, 0.1) is 5.92 Å². The molecule has 3 rings (SSSR count). The number of ether oxygens (including phenoxy) is 1. The summed E-state index contributed by atoms with van der Waals surface area (Å²) in [4.78, 5) is 17.3. The lowest BCUT2D eigenvalue weighted by Crippen LogP contribution is -2.32. The van der Waals surface area contributed by atoms with Gasteiger partial charge in [-0.3, -0.25) is 4.79 Å². The van der Waals surface area contributed by atoms with Crippen molar-refractivity contribution in [3.05, 3.63) is 58.9 Å². The third kappa shape index (κ3) is 4.68. The summed E-state index contributed by atoms with van der Waals surface area (Å²) in [7, 11) is 0. The second-order valence-electron chi connectivity index (χ2n) is 6.76. The van der Waals surface area contributed by atoms with E-state index in [4.69, 9.17) is 20.9 Å². The van der Waals surface area contributed by atoms with Crippen molar-refractivity contribution < 1.29 is 19.2 Å². The predicted molar refractivity (Wildman–Crippen MR) is 109 cm³/mol. The molecule has 0 bridgehead atoms. The smallest absolute Gasteiger partial charge is 0.252 e. The molecule has 0 radical (unpaired) electrons. The zero-order valence-electron chi connectivity index (χ0n) is 16.3. The Morgan fingerprint density at radius 2 is 2.00 bits per heavy atom. The molecular formula is C21H22ClN3O4. The van der Waals surface area contributed by atoms with Crippen molar-refractivity contribution in [1.29, 1.82) is 0 Å². The molecule has 1 aromatic heterocycles. The van der Waals surface area contributed by atoms with E-state index >= 15 is 0 Å². The van der Waals surface area contributed by atoms with Crippen molar-refractivity contribution in [1.82, 2.24) is 15.5 Å². The second-order valence-corrected chi connectivity index (χ2v) is 7.16. The Balaban J connectivity index is 1.85. The molecule has 0 unspecified atom stereocenters. The van der Waals surface area contributed by atoms with Gasteiger partial charge in [-0.15, -0.1) is 0 Å². The number of phenols is 1. The SMILES string of the molecule is CCOc1cc(C(=O)N[C@@H](c2nc(-c3ccccc3)no2)C(C)C)cc(Cl)c1O. The van der Waals surface area contributed by atoms with Crippen molar-refractivity contribution in [2.24, 2.45) is 5.92 Å². The molecule has 0 saturated carbocycles. The molecule has 0 fully saturated rings. The number of carbonyl (C=O) groups excluding carboxylic acids is 1. The fourth-order valence-electron chi connectivity index (χ4n) is 2.77. The Labute approximate surface area is 173 Å². The summed E-state index contributed by atoms with van der Waals surface area (Å²) in [5, 5.41) is 16.9. The number of hydrogen-bond donors (Lipinski definition) is 2. The van der Waals surface area contributed by atoms with Crippen LogP contribution in [0.3, 0.4) is 0 Å². The summed E-state index contributed by atoms with van der Waals surface area (Å²) in [5.41, 5.74) is 1.08. The first-order chi connectivity index (χ1) is 13.9.